The Labute approximate surface area is 168 Å². The van der Waals surface area contributed by atoms with E-state index in [-0.39, 0.29) is 18.4 Å². The lowest BCUT2D eigenvalue weighted by molar-refractivity contribution is 0.198. The van der Waals surface area contributed by atoms with Gasteiger partial charge < -0.3 is 15.1 Å². The molecule has 2 amide bonds. The number of halogens is 1. The van der Waals surface area contributed by atoms with Gasteiger partial charge in [-0.3, -0.25) is 0 Å². The number of aryl methyl sites for hydroxylation is 2. The highest BCUT2D eigenvalue weighted by Crippen LogP contribution is 2.23. The average Bonchev–Trinajstić information content (AvgIpc) is 2.66. The Morgan fingerprint density at radius 2 is 1.63 bits per heavy atom. The summed E-state index contributed by atoms with van der Waals surface area (Å²) < 4.78 is 0. The van der Waals surface area contributed by atoms with Crippen LogP contribution in [0, 0.1) is 20.8 Å². The van der Waals surface area contributed by atoms with Crippen LogP contribution < -0.4 is 10.2 Å². The molecule has 0 unspecified atom stereocenters. The first-order valence-electron chi connectivity index (χ1n) is 9.14. The van der Waals surface area contributed by atoms with Gasteiger partial charge >= 0.3 is 6.03 Å². The zero-order valence-corrected chi connectivity index (χ0v) is 17.1. The van der Waals surface area contributed by atoms with Gasteiger partial charge in [-0.15, -0.1) is 12.4 Å². The number of hydrogen-bond acceptors (Lipinski definition) is 2. The van der Waals surface area contributed by atoms with Gasteiger partial charge in [-0.25, -0.2) is 4.79 Å². The quantitative estimate of drug-likeness (QED) is 0.842. The summed E-state index contributed by atoms with van der Waals surface area (Å²) in [5.74, 6) is 0. The predicted octanol–water partition coefficient (Wildman–Crippen LogP) is 4.54. The van der Waals surface area contributed by atoms with Crippen molar-refractivity contribution in [3.8, 4) is 0 Å². The number of urea groups is 1. The molecule has 0 bridgehead atoms. The van der Waals surface area contributed by atoms with Crippen LogP contribution in [-0.2, 0) is 0 Å². The van der Waals surface area contributed by atoms with Crippen LogP contribution in [0.5, 0.6) is 0 Å². The van der Waals surface area contributed by atoms with E-state index in [1.807, 2.05) is 23.1 Å². The molecule has 4 nitrogen and oxygen atoms in total. The number of benzene rings is 2. The molecule has 1 saturated heterocycles. The Kier molecular flexibility index (Phi) is 7.31. The topological polar surface area (TPSA) is 35.6 Å². The molecule has 1 heterocycles. The molecule has 0 radical (unpaired) electrons. The van der Waals surface area contributed by atoms with Crippen molar-refractivity contribution in [1.82, 2.24) is 10.2 Å². The van der Waals surface area contributed by atoms with Crippen LogP contribution >= 0.6 is 12.4 Å². The van der Waals surface area contributed by atoms with E-state index in [0.717, 1.165) is 31.7 Å². The summed E-state index contributed by atoms with van der Waals surface area (Å²) in [5, 5.41) is 2.88. The standard InChI is InChI=1S/C22H27N3O.ClH/c1-17-7-9-20(10-8-17)11-12-23-22(26)25-15-13-24(14-16-25)21-6-4-5-18(2)19(21)3;/h4-12H,13-16H2,1-3H3,(H,23,26);1H/b12-11+;. The third-order valence-corrected chi connectivity index (χ3v) is 5.04. The minimum Gasteiger partial charge on any atom is -0.368 e. The lowest BCUT2D eigenvalue weighted by atomic mass is 10.1. The molecule has 0 saturated carbocycles. The molecule has 0 spiro atoms. The van der Waals surface area contributed by atoms with Crippen LogP contribution in [-0.4, -0.2) is 37.1 Å². The molecular weight excluding hydrogens is 358 g/mol. The van der Waals surface area contributed by atoms with Crippen LogP contribution in [0.2, 0.25) is 0 Å². The number of amides is 2. The Balaban J connectivity index is 0.00000261. The minimum absolute atomic E-state index is 0. The molecule has 0 aliphatic carbocycles. The van der Waals surface area contributed by atoms with Crippen LogP contribution in [0.4, 0.5) is 10.5 Å². The maximum absolute atomic E-state index is 12.4. The number of hydrogen-bond donors (Lipinski definition) is 1. The molecule has 27 heavy (non-hydrogen) atoms. The molecule has 1 aliphatic heterocycles. The second-order valence-corrected chi connectivity index (χ2v) is 6.89. The summed E-state index contributed by atoms with van der Waals surface area (Å²) >= 11 is 0. The fourth-order valence-corrected chi connectivity index (χ4v) is 3.21. The number of rotatable bonds is 3. The van der Waals surface area contributed by atoms with Gasteiger partial charge in [0.2, 0.25) is 0 Å². The van der Waals surface area contributed by atoms with Crippen molar-refractivity contribution < 1.29 is 4.79 Å². The van der Waals surface area contributed by atoms with Crippen molar-refractivity contribution in [1.29, 1.82) is 0 Å². The van der Waals surface area contributed by atoms with Crippen molar-refractivity contribution in [2.75, 3.05) is 31.1 Å². The molecule has 1 aliphatic rings. The fraction of sp³-hybridized carbons (Fsp3) is 0.318. The van der Waals surface area contributed by atoms with Crippen LogP contribution in [0.15, 0.2) is 48.7 Å². The van der Waals surface area contributed by atoms with E-state index in [2.05, 4.69) is 61.3 Å². The summed E-state index contributed by atoms with van der Waals surface area (Å²) in [7, 11) is 0. The van der Waals surface area contributed by atoms with E-state index in [1.54, 1.807) is 6.20 Å². The number of nitrogens with one attached hydrogen (secondary N) is 1. The zero-order chi connectivity index (χ0) is 18.5. The summed E-state index contributed by atoms with van der Waals surface area (Å²) in [5.41, 5.74) is 6.23. The smallest absolute Gasteiger partial charge is 0.321 e. The molecular formula is C22H28ClN3O. The molecule has 0 aromatic heterocycles. The predicted molar refractivity (Wildman–Crippen MR) is 116 cm³/mol. The normalized spacial score (nSPS) is 14.2. The van der Waals surface area contributed by atoms with Gasteiger partial charge in [0.25, 0.3) is 0 Å². The Hall–Kier alpha value is -2.46. The fourth-order valence-electron chi connectivity index (χ4n) is 3.21. The first-order chi connectivity index (χ1) is 12.5. The zero-order valence-electron chi connectivity index (χ0n) is 16.2. The third-order valence-electron chi connectivity index (χ3n) is 5.04. The van der Waals surface area contributed by atoms with Crippen molar-refractivity contribution >= 4 is 30.2 Å². The highest BCUT2D eigenvalue weighted by Gasteiger charge is 2.21. The number of piperazine rings is 1. The van der Waals surface area contributed by atoms with Gasteiger partial charge in [0.05, 0.1) is 0 Å². The summed E-state index contributed by atoms with van der Waals surface area (Å²) in [4.78, 5) is 16.6. The molecule has 144 valence electrons. The van der Waals surface area contributed by atoms with Crippen LogP contribution in [0.1, 0.15) is 22.3 Å². The lowest BCUT2D eigenvalue weighted by Crippen LogP contribution is -2.51. The SMILES string of the molecule is Cc1ccc(/C=C/NC(=O)N2CCN(c3cccc(C)c3C)CC2)cc1.Cl. The van der Waals surface area contributed by atoms with E-state index in [9.17, 15) is 4.79 Å². The minimum atomic E-state index is -0.0334. The highest BCUT2D eigenvalue weighted by molar-refractivity contribution is 5.85. The van der Waals surface area contributed by atoms with Crippen LogP contribution in [0.3, 0.4) is 0 Å². The number of nitrogens with zero attached hydrogens (tertiary/aromatic N) is 2. The Bertz CT molecular complexity index is 794. The number of anilines is 1. The third kappa shape index (κ3) is 5.27. The first-order valence-corrected chi connectivity index (χ1v) is 9.14. The lowest BCUT2D eigenvalue weighted by Gasteiger charge is -2.36. The van der Waals surface area contributed by atoms with Crippen molar-refractivity contribution in [2.45, 2.75) is 20.8 Å². The molecule has 5 heteroatoms. The van der Waals surface area contributed by atoms with E-state index in [1.165, 1.54) is 22.4 Å². The van der Waals surface area contributed by atoms with Crippen molar-refractivity contribution in [3.05, 3.63) is 70.9 Å². The summed E-state index contributed by atoms with van der Waals surface area (Å²) in [6.45, 7) is 9.56. The van der Waals surface area contributed by atoms with E-state index in [4.69, 9.17) is 0 Å². The molecule has 1 N–H and O–H groups in total. The van der Waals surface area contributed by atoms with Gasteiger partial charge in [-0.05, 0) is 49.6 Å². The molecule has 2 aromatic rings. The summed E-state index contributed by atoms with van der Waals surface area (Å²) in [6, 6.07) is 14.6. The van der Waals surface area contributed by atoms with E-state index < -0.39 is 0 Å². The molecule has 2 aromatic carbocycles. The van der Waals surface area contributed by atoms with E-state index in [0.29, 0.717) is 0 Å². The highest BCUT2D eigenvalue weighted by atomic mass is 35.5. The van der Waals surface area contributed by atoms with Gasteiger partial charge in [0.15, 0.2) is 0 Å². The second kappa shape index (κ2) is 9.47. The van der Waals surface area contributed by atoms with Gasteiger partial charge in [0, 0.05) is 38.1 Å². The Morgan fingerprint density at radius 1 is 0.963 bits per heavy atom. The summed E-state index contributed by atoms with van der Waals surface area (Å²) in [6.07, 6.45) is 3.65. The van der Waals surface area contributed by atoms with Crippen molar-refractivity contribution in [2.24, 2.45) is 0 Å². The largest absolute Gasteiger partial charge is 0.368 e. The number of carbonyl (C=O) groups is 1. The molecule has 1 fully saturated rings. The molecule has 3 rings (SSSR count). The average molecular weight is 386 g/mol. The van der Waals surface area contributed by atoms with E-state index >= 15 is 0 Å². The van der Waals surface area contributed by atoms with Crippen LogP contribution in [0.25, 0.3) is 6.08 Å². The Morgan fingerprint density at radius 3 is 2.30 bits per heavy atom. The second-order valence-electron chi connectivity index (χ2n) is 6.89. The number of carbonyl (C=O) groups excluding carboxylic acids is 1. The molecule has 0 atom stereocenters. The maximum Gasteiger partial charge on any atom is 0.321 e. The monoisotopic (exact) mass is 385 g/mol. The van der Waals surface area contributed by atoms with Gasteiger partial charge in [-0.1, -0.05) is 42.0 Å². The van der Waals surface area contributed by atoms with Gasteiger partial charge in [-0.2, -0.15) is 0 Å². The van der Waals surface area contributed by atoms with Crippen molar-refractivity contribution in [3.63, 3.8) is 0 Å². The van der Waals surface area contributed by atoms with Gasteiger partial charge in [0.1, 0.15) is 0 Å². The maximum atomic E-state index is 12.4. The first kappa shape index (κ1) is 20.8.